The van der Waals surface area contributed by atoms with Crippen molar-refractivity contribution in [1.82, 2.24) is 9.80 Å². The van der Waals surface area contributed by atoms with Crippen molar-refractivity contribution in [1.29, 1.82) is 0 Å². The van der Waals surface area contributed by atoms with Crippen molar-refractivity contribution in [2.75, 3.05) is 7.05 Å². The van der Waals surface area contributed by atoms with Gasteiger partial charge < -0.3 is 23.5 Å². The maximum absolute atomic E-state index is 16.4. The number of amides is 4. The fraction of sp³-hybridized carbons (Fsp3) is 0.926. The summed E-state index contributed by atoms with van der Waals surface area (Å²) >= 11 is 0. The molecule has 66 heavy (non-hydrogen) atoms. The predicted molar refractivity (Wildman–Crippen MR) is 253 cm³/mol. The minimum absolute atomic E-state index is 0.0144. The Hall–Kier alpha value is -1.65. The molecule has 4 amide bonds. The highest BCUT2D eigenvalue weighted by molar-refractivity contribution is 7.66. The lowest BCUT2D eigenvalue weighted by Crippen LogP contribution is -2.47. The second-order valence-corrected chi connectivity index (χ2v) is 27.4. The predicted octanol–water partition coefficient (Wildman–Crippen LogP) is 10.5. The van der Waals surface area contributed by atoms with Crippen LogP contribution in [-0.2, 0) is 42.7 Å². The zero-order valence-electron chi connectivity index (χ0n) is 40.8. The second kappa shape index (κ2) is 21.0. The summed E-state index contributed by atoms with van der Waals surface area (Å²) in [6.45, 7) is 2.36. The normalized spacial score (nSPS) is 42.4. The average molecular weight is 937 g/mol. The molecular weight excluding hydrogens is 852 g/mol. The van der Waals surface area contributed by atoms with E-state index in [-0.39, 0.29) is 107 Å². The van der Waals surface area contributed by atoms with Gasteiger partial charge in [0.15, 0.2) is 0 Å². The van der Waals surface area contributed by atoms with Crippen LogP contribution in [0.1, 0.15) is 206 Å². The number of hydrogen-bond donors (Lipinski definition) is 0. The Morgan fingerprint density at radius 3 is 1.36 bits per heavy atom. The van der Waals surface area contributed by atoms with Crippen molar-refractivity contribution in [3.63, 3.8) is 0 Å². The number of hydrogen-bond acceptors (Lipinski definition) is 9. The fourth-order valence-corrected chi connectivity index (χ4v) is 21.2. The van der Waals surface area contributed by atoms with Crippen LogP contribution in [0.3, 0.4) is 0 Å². The summed E-state index contributed by atoms with van der Waals surface area (Å²) < 4.78 is 43.9. The van der Waals surface area contributed by atoms with Crippen molar-refractivity contribution < 1.29 is 42.7 Å². The second-order valence-electron chi connectivity index (χ2n) is 23.7. The molecule has 370 valence electrons. The van der Waals surface area contributed by atoms with E-state index in [1.807, 2.05) is 0 Å². The number of imide groups is 2. The molecule has 0 spiro atoms. The van der Waals surface area contributed by atoms with E-state index in [0.29, 0.717) is 37.9 Å². The molecule has 0 aromatic carbocycles. The van der Waals surface area contributed by atoms with Crippen LogP contribution in [-0.4, -0.2) is 112 Å². The van der Waals surface area contributed by atoms with Crippen molar-refractivity contribution in [3.8, 4) is 0 Å². The average Bonchev–Trinajstić information content (AvgIpc) is 3.72. The van der Waals surface area contributed by atoms with Gasteiger partial charge in [-0.05, 0) is 166 Å². The van der Waals surface area contributed by atoms with E-state index < -0.39 is 7.14 Å². The fourth-order valence-electron chi connectivity index (χ4n) is 15.9. The van der Waals surface area contributed by atoms with Crippen LogP contribution in [0.15, 0.2) is 0 Å². The lowest BCUT2D eigenvalue weighted by atomic mass is 9.79. The molecule has 8 saturated carbocycles. The summed E-state index contributed by atoms with van der Waals surface area (Å²) in [6.07, 6.45) is 31.2. The summed E-state index contributed by atoms with van der Waals surface area (Å²) in [4.78, 5) is 57.3. The first kappa shape index (κ1) is 48.0. The molecule has 0 radical (unpaired) electrons. The quantitative estimate of drug-likeness (QED) is 0.139. The molecule has 9 atom stereocenters. The van der Waals surface area contributed by atoms with Gasteiger partial charge in [0.05, 0.1) is 79.6 Å². The van der Waals surface area contributed by atoms with Gasteiger partial charge in [0, 0.05) is 30.1 Å². The molecule has 2 aliphatic heterocycles. The Balaban J connectivity index is 0.760. The number of likely N-dealkylation sites (tertiary alicyclic amines) is 2. The zero-order chi connectivity index (χ0) is 45.5. The van der Waals surface area contributed by atoms with Crippen molar-refractivity contribution in [3.05, 3.63) is 0 Å². The minimum atomic E-state index is -2.76. The van der Waals surface area contributed by atoms with E-state index in [0.717, 1.165) is 141 Å². The standard InChI is InChI=1S/C54H85N2O9P/c1-34-13-17-36(18-14-34)62-38-21-23-39(24-22-38)63-37-19-15-35(16-20-37)56-53(59)46-29-26-41(32-48(46)54(56)60)65-49-30-27-42(64-40-25-28-45-47(31-40)52(58)55(2)51(45)57)33-50(49)66(61,43-9-5-3-6-10-43)44-11-7-4-8-12-44/h34-50H,3-33H2,1-2H3. The highest BCUT2D eigenvalue weighted by atomic mass is 31.2. The van der Waals surface area contributed by atoms with E-state index in [9.17, 15) is 19.2 Å². The largest absolute Gasteiger partial charge is 0.375 e. The lowest BCUT2D eigenvalue weighted by Gasteiger charge is -2.49. The smallest absolute Gasteiger partial charge is 0.233 e. The Bertz CT molecular complexity index is 1740. The summed E-state index contributed by atoms with van der Waals surface area (Å²) in [5.74, 6) is -0.311. The molecule has 2 heterocycles. The first-order valence-electron chi connectivity index (χ1n) is 27.9. The number of nitrogens with zero attached hydrogens (tertiary/aromatic N) is 2. The monoisotopic (exact) mass is 937 g/mol. The molecule has 8 aliphatic carbocycles. The summed E-state index contributed by atoms with van der Waals surface area (Å²) in [6, 6.07) is -0.0445. The van der Waals surface area contributed by atoms with Gasteiger partial charge in [-0.25, -0.2) is 0 Å². The SMILES string of the molecule is CC1CCC(OC2CCC(OC3CCC(N4C(=O)C5CCC(OC6CCC(OC7CCC8C(=O)N(C)C(=O)C8C7)CC6P(=O)(C6CCCCC6)C6CCCCC6)CC5C4=O)CC3)CC2)CC1. The summed E-state index contributed by atoms with van der Waals surface area (Å²) in [5.41, 5.74) is 0.391. The van der Waals surface area contributed by atoms with Crippen molar-refractivity contribution >= 4 is 30.8 Å². The van der Waals surface area contributed by atoms with Gasteiger partial charge >= 0.3 is 0 Å². The Kier molecular flexibility index (Phi) is 15.3. The van der Waals surface area contributed by atoms with Crippen LogP contribution < -0.4 is 0 Å². The van der Waals surface area contributed by atoms with Crippen LogP contribution in [0.5, 0.6) is 0 Å². The number of ether oxygens (including phenoxy) is 4. The molecule has 0 aromatic rings. The molecule has 10 rings (SSSR count). The third-order valence-corrected chi connectivity index (χ3v) is 24.5. The molecule has 2 saturated heterocycles. The molecule has 10 aliphatic rings. The van der Waals surface area contributed by atoms with Gasteiger partial charge in [0.25, 0.3) is 0 Å². The van der Waals surface area contributed by atoms with Gasteiger partial charge in [-0.3, -0.25) is 29.0 Å². The van der Waals surface area contributed by atoms with Gasteiger partial charge in [0.1, 0.15) is 0 Å². The van der Waals surface area contributed by atoms with Gasteiger partial charge in [-0.15, -0.1) is 0 Å². The number of carbonyl (C=O) groups excluding carboxylic acids is 4. The molecule has 0 bridgehead atoms. The van der Waals surface area contributed by atoms with Gasteiger partial charge in [0.2, 0.25) is 23.6 Å². The van der Waals surface area contributed by atoms with Crippen LogP contribution >= 0.6 is 7.14 Å². The highest BCUT2D eigenvalue weighted by Crippen LogP contribution is 2.69. The van der Waals surface area contributed by atoms with Crippen LogP contribution in [0, 0.1) is 29.6 Å². The maximum atomic E-state index is 16.4. The van der Waals surface area contributed by atoms with E-state index in [1.165, 1.54) is 43.4 Å². The maximum Gasteiger partial charge on any atom is 0.233 e. The topological polar surface area (TPSA) is 129 Å². The number of carbonyl (C=O) groups is 4. The number of fused-ring (bicyclic) bond motifs is 2. The summed E-state index contributed by atoms with van der Waals surface area (Å²) in [7, 11) is -1.15. The Morgan fingerprint density at radius 1 is 0.409 bits per heavy atom. The highest BCUT2D eigenvalue weighted by Gasteiger charge is 2.56. The lowest BCUT2D eigenvalue weighted by molar-refractivity contribution is -0.145. The Morgan fingerprint density at radius 2 is 0.803 bits per heavy atom. The molecule has 12 heteroatoms. The number of rotatable bonds is 12. The summed E-state index contributed by atoms with van der Waals surface area (Å²) in [5, 5.41) is 0. The molecule has 10 fully saturated rings. The van der Waals surface area contributed by atoms with Crippen molar-refractivity contribution in [2.45, 2.75) is 278 Å². The Labute approximate surface area is 396 Å². The van der Waals surface area contributed by atoms with Gasteiger partial charge in [-0.1, -0.05) is 45.4 Å². The van der Waals surface area contributed by atoms with Crippen LogP contribution in [0.4, 0.5) is 0 Å². The first-order valence-corrected chi connectivity index (χ1v) is 29.8. The van der Waals surface area contributed by atoms with Crippen LogP contribution in [0.25, 0.3) is 0 Å². The molecule has 0 aromatic heterocycles. The van der Waals surface area contributed by atoms with Gasteiger partial charge in [-0.2, -0.15) is 0 Å². The van der Waals surface area contributed by atoms with E-state index in [1.54, 1.807) is 11.9 Å². The molecule has 0 N–H and O–H groups in total. The van der Waals surface area contributed by atoms with E-state index in [4.69, 9.17) is 18.9 Å². The molecule has 11 nitrogen and oxygen atoms in total. The van der Waals surface area contributed by atoms with Crippen LogP contribution in [0.2, 0.25) is 0 Å². The molecular formula is C54H85N2O9P. The van der Waals surface area contributed by atoms with Crippen molar-refractivity contribution in [2.24, 2.45) is 29.6 Å². The third-order valence-electron chi connectivity index (χ3n) is 19.6. The minimum Gasteiger partial charge on any atom is -0.375 e. The zero-order valence-corrected chi connectivity index (χ0v) is 41.6. The van der Waals surface area contributed by atoms with E-state index >= 15 is 4.57 Å². The molecule has 9 unspecified atom stereocenters. The van der Waals surface area contributed by atoms with E-state index in [2.05, 4.69) is 6.92 Å². The first-order chi connectivity index (χ1) is 32.0. The third kappa shape index (κ3) is 9.98.